The molecule has 17 heavy (non-hydrogen) atoms. The van der Waals surface area contributed by atoms with E-state index in [4.69, 9.17) is 17.3 Å². The van der Waals surface area contributed by atoms with E-state index in [9.17, 15) is 4.79 Å². The van der Waals surface area contributed by atoms with Gasteiger partial charge in [0.15, 0.2) is 0 Å². The van der Waals surface area contributed by atoms with Crippen LogP contribution in [-0.4, -0.2) is 12.5 Å². The Morgan fingerprint density at radius 3 is 2.88 bits per heavy atom. The van der Waals surface area contributed by atoms with Gasteiger partial charge in [-0.1, -0.05) is 18.5 Å². The van der Waals surface area contributed by atoms with E-state index < -0.39 is 0 Å². The number of benzene rings is 1. The largest absolute Gasteiger partial charge is 0.398 e. The maximum Gasteiger partial charge on any atom is 0.253 e. The van der Waals surface area contributed by atoms with Crippen molar-refractivity contribution in [3.8, 4) is 0 Å². The van der Waals surface area contributed by atoms with E-state index in [-0.39, 0.29) is 5.91 Å². The number of hydrogen-bond donors (Lipinski definition) is 2. The Morgan fingerprint density at radius 2 is 2.29 bits per heavy atom. The van der Waals surface area contributed by atoms with E-state index in [2.05, 4.69) is 12.2 Å². The third-order valence-corrected chi connectivity index (χ3v) is 3.50. The lowest BCUT2D eigenvalue weighted by molar-refractivity contribution is 0.0947. The second-order valence-corrected chi connectivity index (χ2v) is 5.19. The average Bonchev–Trinajstić information content (AvgIpc) is 3.09. The molecule has 0 bridgehead atoms. The molecular formula is C13H17ClN2O. The molecular weight excluding hydrogens is 236 g/mol. The number of nitrogen functional groups attached to an aromatic ring is 1. The van der Waals surface area contributed by atoms with Crippen molar-refractivity contribution in [3.63, 3.8) is 0 Å². The Labute approximate surface area is 106 Å². The smallest absolute Gasteiger partial charge is 0.253 e. The number of rotatable bonds is 4. The Morgan fingerprint density at radius 1 is 1.59 bits per heavy atom. The minimum Gasteiger partial charge on any atom is -0.398 e. The van der Waals surface area contributed by atoms with Crippen molar-refractivity contribution in [1.82, 2.24) is 5.32 Å². The molecule has 0 saturated heterocycles. The van der Waals surface area contributed by atoms with Gasteiger partial charge in [0.25, 0.3) is 5.91 Å². The van der Waals surface area contributed by atoms with Crippen molar-refractivity contribution in [1.29, 1.82) is 0 Å². The molecule has 0 spiro atoms. The highest BCUT2D eigenvalue weighted by Crippen LogP contribution is 2.36. The van der Waals surface area contributed by atoms with Crippen LogP contribution in [0.4, 0.5) is 5.69 Å². The van der Waals surface area contributed by atoms with Crippen LogP contribution in [0.15, 0.2) is 18.2 Å². The van der Waals surface area contributed by atoms with Crippen LogP contribution in [0.3, 0.4) is 0 Å². The third-order valence-electron chi connectivity index (χ3n) is 3.27. The van der Waals surface area contributed by atoms with Gasteiger partial charge in [-0.05, 0) is 42.9 Å². The van der Waals surface area contributed by atoms with Crippen molar-refractivity contribution < 1.29 is 4.79 Å². The first-order chi connectivity index (χ1) is 8.08. The van der Waals surface area contributed by atoms with Gasteiger partial charge in [0, 0.05) is 17.3 Å². The van der Waals surface area contributed by atoms with E-state index in [1.807, 2.05) is 0 Å². The molecule has 1 aromatic rings. The van der Waals surface area contributed by atoms with E-state index in [1.165, 1.54) is 12.8 Å². The van der Waals surface area contributed by atoms with Crippen LogP contribution < -0.4 is 11.1 Å². The Bertz CT molecular complexity index is 429. The van der Waals surface area contributed by atoms with E-state index >= 15 is 0 Å². The number of nitrogens with one attached hydrogen (secondary N) is 1. The molecule has 0 aliphatic heterocycles. The Kier molecular flexibility index (Phi) is 3.57. The molecule has 3 nitrogen and oxygen atoms in total. The predicted octanol–water partition coefficient (Wildman–Crippen LogP) is 2.70. The normalized spacial score (nSPS) is 16.6. The number of anilines is 1. The van der Waals surface area contributed by atoms with Crippen LogP contribution in [0.5, 0.6) is 0 Å². The molecule has 0 aromatic heterocycles. The summed E-state index contributed by atoms with van der Waals surface area (Å²) in [4.78, 5) is 11.9. The standard InChI is InChI=1S/C13H17ClN2O/c1-8(9-2-3-9)7-16-13(17)11-5-4-10(14)6-12(11)15/h4-6,8-9H,2-3,7,15H2,1H3,(H,16,17). The number of halogens is 1. The molecule has 1 aromatic carbocycles. The van der Waals surface area contributed by atoms with Crippen LogP contribution in [0.2, 0.25) is 5.02 Å². The molecule has 0 radical (unpaired) electrons. The van der Waals surface area contributed by atoms with Crippen molar-refractivity contribution in [2.75, 3.05) is 12.3 Å². The molecule has 1 aliphatic rings. The van der Waals surface area contributed by atoms with Crippen LogP contribution in [-0.2, 0) is 0 Å². The fourth-order valence-electron chi connectivity index (χ4n) is 1.92. The van der Waals surface area contributed by atoms with Gasteiger partial charge in [-0.3, -0.25) is 4.79 Å². The molecule has 3 N–H and O–H groups in total. The molecule has 0 heterocycles. The highest BCUT2D eigenvalue weighted by molar-refractivity contribution is 6.31. The first kappa shape index (κ1) is 12.2. The van der Waals surface area contributed by atoms with E-state index in [0.29, 0.717) is 28.7 Å². The second kappa shape index (κ2) is 4.96. The monoisotopic (exact) mass is 252 g/mol. The quantitative estimate of drug-likeness (QED) is 0.810. The molecule has 1 amide bonds. The molecule has 1 atom stereocenters. The second-order valence-electron chi connectivity index (χ2n) is 4.76. The van der Waals surface area contributed by atoms with Crippen LogP contribution in [0.1, 0.15) is 30.1 Å². The number of carbonyl (C=O) groups is 1. The summed E-state index contributed by atoms with van der Waals surface area (Å²) < 4.78 is 0. The van der Waals surface area contributed by atoms with Crippen LogP contribution >= 0.6 is 11.6 Å². The van der Waals surface area contributed by atoms with Crippen molar-refractivity contribution in [3.05, 3.63) is 28.8 Å². The van der Waals surface area contributed by atoms with Gasteiger partial charge in [-0.15, -0.1) is 0 Å². The van der Waals surface area contributed by atoms with Crippen molar-refractivity contribution >= 4 is 23.2 Å². The molecule has 1 unspecified atom stereocenters. The van der Waals surface area contributed by atoms with Gasteiger partial charge in [0.1, 0.15) is 0 Å². The Hall–Kier alpha value is -1.22. The third kappa shape index (κ3) is 3.13. The summed E-state index contributed by atoms with van der Waals surface area (Å²) in [6, 6.07) is 4.94. The van der Waals surface area contributed by atoms with Gasteiger partial charge in [0.05, 0.1) is 5.56 Å². The molecule has 4 heteroatoms. The summed E-state index contributed by atoms with van der Waals surface area (Å²) in [5.41, 5.74) is 6.68. The molecule has 1 fully saturated rings. The summed E-state index contributed by atoms with van der Waals surface area (Å²) in [5, 5.41) is 3.46. The number of amides is 1. The highest BCUT2D eigenvalue weighted by Gasteiger charge is 2.28. The number of hydrogen-bond acceptors (Lipinski definition) is 2. The first-order valence-electron chi connectivity index (χ1n) is 5.91. The summed E-state index contributed by atoms with van der Waals surface area (Å²) in [6.45, 7) is 2.88. The first-order valence-corrected chi connectivity index (χ1v) is 6.29. The lowest BCUT2D eigenvalue weighted by Crippen LogP contribution is -2.29. The van der Waals surface area contributed by atoms with E-state index in [0.717, 1.165) is 5.92 Å². The lowest BCUT2D eigenvalue weighted by Gasteiger charge is -2.12. The predicted molar refractivity (Wildman–Crippen MR) is 70.1 cm³/mol. The molecule has 1 aliphatic carbocycles. The van der Waals surface area contributed by atoms with Crippen LogP contribution in [0.25, 0.3) is 0 Å². The highest BCUT2D eigenvalue weighted by atomic mass is 35.5. The number of carbonyl (C=O) groups excluding carboxylic acids is 1. The van der Waals surface area contributed by atoms with E-state index in [1.54, 1.807) is 18.2 Å². The topological polar surface area (TPSA) is 55.1 Å². The summed E-state index contributed by atoms with van der Waals surface area (Å²) in [7, 11) is 0. The maximum atomic E-state index is 11.9. The molecule has 1 saturated carbocycles. The fourth-order valence-corrected chi connectivity index (χ4v) is 2.10. The zero-order valence-electron chi connectivity index (χ0n) is 9.87. The minimum absolute atomic E-state index is 0.119. The summed E-state index contributed by atoms with van der Waals surface area (Å²) in [5.74, 6) is 1.22. The fraction of sp³-hybridized carbons (Fsp3) is 0.462. The van der Waals surface area contributed by atoms with Gasteiger partial charge in [-0.25, -0.2) is 0 Å². The van der Waals surface area contributed by atoms with Crippen molar-refractivity contribution in [2.45, 2.75) is 19.8 Å². The SMILES string of the molecule is CC(CNC(=O)c1ccc(Cl)cc1N)C1CC1. The zero-order chi connectivity index (χ0) is 12.4. The molecule has 92 valence electrons. The lowest BCUT2D eigenvalue weighted by atomic mass is 10.1. The van der Waals surface area contributed by atoms with Gasteiger partial charge in [-0.2, -0.15) is 0 Å². The summed E-state index contributed by atoms with van der Waals surface area (Å²) >= 11 is 5.79. The average molecular weight is 253 g/mol. The summed E-state index contributed by atoms with van der Waals surface area (Å²) in [6.07, 6.45) is 2.58. The minimum atomic E-state index is -0.119. The van der Waals surface area contributed by atoms with Crippen molar-refractivity contribution in [2.24, 2.45) is 11.8 Å². The zero-order valence-corrected chi connectivity index (χ0v) is 10.6. The Balaban J connectivity index is 1.94. The van der Waals surface area contributed by atoms with Gasteiger partial charge < -0.3 is 11.1 Å². The van der Waals surface area contributed by atoms with Gasteiger partial charge >= 0.3 is 0 Å². The van der Waals surface area contributed by atoms with Crippen LogP contribution in [0, 0.1) is 11.8 Å². The van der Waals surface area contributed by atoms with Gasteiger partial charge in [0.2, 0.25) is 0 Å². The molecule has 2 rings (SSSR count). The maximum absolute atomic E-state index is 11.9. The number of nitrogens with two attached hydrogens (primary N) is 1.